The molecule has 0 aromatic carbocycles. The summed E-state index contributed by atoms with van der Waals surface area (Å²) in [5.41, 5.74) is -0.210. The van der Waals surface area contributed by atoms with Crippen molar-refractivity contribution in [1.82, 2.24) is 9.88 Å². The molecule has 1 rings (SSSR count). The van der Waals surface area contributed by atoms with Crippen LogP contribution in [0.1, 0.15) is 31.1 Å². The van der Waals surface area contributed by atoms with E-state index in [0.29, 0.717) is 10.0 Å². The number of amides is 1. The molecule has 0 aliphatic carbocycles. The zero-order chi connectivity index (χ0) is 13.9. The first kappa shape index (κ1) is 14.6. The third-order valence-corrected chi connectivity index (χ3v) is 2.73. The van der Waals surface area contributed by atoms with Gasteiger partial charge in [-0.05, 0) is 42.8 Å². The predicted octanol–water partition coefficient (Wildman–Crippen LogP) is 2.17. The molecule has 1 heterocycles. The Morgan fingerprint density at radius 2 is 2.00 bits per heavy atom. The van der Waals surface area contributed by atoms with E-state index in [2.05, 4.69) is 20.9 Å². The molecule has 6 heteroatoms. The number of rotatable bonds is 3. The number of hydrogen-bond acceptors (Lipinski definition) is 3. The SMILES string of the molecule is CC(C)(C)N(CC(=O)O)C(=O)c1cncc(Br)c1. The molecule has 0 saturated carbocycles. The number of halogens is 1. The van der Waals surface area contributed by atoms with Crippen LogP contribution in [-0.4, -0.2) is 39.0 Å². The fourth-order valence-corrected chi connectivity index (χ4v) is 1.80. The van der Waals surface area contributed by atoms with E-state index in [1.165, 1.54) is 11.1 Å². The van der Waals surface area contributed by atoms with Gasteiger partial charge in [-0.2, -0.15) is 0 Å². The Morgan fingerprint density at radius 3 is 2.44 bits per heavy atom. The van der Waals surface area contributed by atoms with E-state index in [4.69, 9.17) is 5.11 Å². The molecule has 0 aliphatic heterocycles. The van der Waals surface area contributed by atoms with Crippen LogP contribution in [-0.2, 0) is 4.79 Å². The molecule has 0 bridgehead atoms. The summed E-state index contributed by atoms with van der Waals surface area (Å²) < 4.78 is 0.678. The van der Waals surface area contributed by atoms with Crippen LogP contribution in [0.4, 0.5) is 0 Å². The number of pyridine rings is 1. The Labute approximate surface area is 114 Å². The number of nitrogens with zero attached hydrogens (tertiary/aromatic N) is 2. The fourth-order valence-electron chi connectivity index (χ4n) is 1.43. The summed E-state index contributed by atoms with van der Waals surface area (Å²) >= 11 is 3.23. The van der Waals surface area contributed by atoms with Crippen LogP contribution < -0.4 is 0 Å². The maximum absolute atomic E-state index is 12.3. The van der Waals surface area contributed by atoms with Crippen LogP contribution in [0.2, 0.25) is 0 Å². The third-order valence-electron chi connectivity index (χ3n) is 2.30. The first-order chi connectivity index (χ1) is 8.21. The van der Waals surface area contributed by atoms with Crippen LogP contribution in [0.5, 0.6) is 0 Å². The Balaban J connectivity index is 3.06. The number of aliphatic carboxylic acids is 1. The standard InChI is InChI=1S/C12H15BrN2O3/c1-12(2,3)15(7-10(16)17)11(18)8-4-9(13)6-14-5-8/h4-6H,7H2,1-3H3,(H,16,17). The average Bonchev–Trinajstić information content (AvgIpc) is 2.23. The molecule has 5 nitrogen and oxygen atoms in total. The Bertz CT molecular complexity index is 469. The van der Waals surface area contributed by atoms with Crippen molar-refractivity contribution in [3.8, 4) is 0 Å². The summed E-state index contributed by atoms with van der Waals surface area (Å²) in [5, 5.41) is 8.88. The molecular formula is C12H15BrN2O3. The zero-order valence-corrected chi connectivity index (χ0v) is 12.1. The normalized spacial score (nSPS) is 11.1. The molecular weight excluding hydrogens is 300 g/mol. The molecule has 0 radical (unpaired) electrons. The van der Waals surface area contributed by atoms with Crippen molar-refractivity contribution in [2.45, 2.75) is 26.3 Å². The molecule has 18 heavy (non-hydrogen) atoms. The summed E-state index contributed by atoms with van der Waals surface area (Å²) in [5.74, 6) is -1.39. The minimum Gasteiger partial charge on any atom is -0.480 e. The predicted molar refractivity (Wildman–Crippen MR) is 70.4 cm³/mol. The first-order valence-electron chi connectivity index (χ1n) is 5.36. The fraction of sp³-hybridized carbons (Fsp3) is 0.417. The monoisotopic (exact) mass is 314 g/mol. The van der Waals surface area contributed by atoms with Gasteiger partial charge in [-0.15, -0.1) is 0 Å². The Morgan fingerprint density at radius 1 is 1.39 bits per heavy atom. The molecule has 0 atom stereocenters. The number of carboxylic acids is 1. The number of carbonyl (C=O) groups is 2. The topological polar surface area (TPSA) is 70.5 Å². The summed E-state index contributed by atoms with van der Waals surface area (Å²) in [6, 6.07) is 1.62. The molecule has 1 N–H and O–H groups in total. The van der Waals surface area contributed by atoms with Gasteiger partial charge in [-0.3, -0.25) is 14.6 Å². The van der Waals surface area contributed by atoms with E-state index in [0.717, 1.165) is 0 Å². The quantitative estimate of drug-likeness (QED) is 0.928. The largest absolute Gasteiger partial charge is 0.480 e. The maximum Gasteiger partial charge on any atom is 0.323 e. The van der Waals surface area contributed by atoms with Crippen molar-refractivity contribution < 1.29 is 14.7 Å². The molecule has 0 saturated heterocycles. The lowest BCUT2D eigenvalue weighted by molar-refractivity contribution is -0.138. The van der Waals surface area contributed by atoms with Gasteiger partial charge in [0.2, 0.25) is 0 Å². The lowest BCUT2D eigenvalue weighted by Gasteiger charge is -2.34. The summed E-state index contributed by atoms with van der Waals surface area (Å²) in [4.78, 5) is 28.3. The maximum atomic E-state index is 12.3. The first-order valence-corrected chi connectivity index (χ1v) is 6.15. The van der Waals surface area contributed by atoms with Gasteiger partial charge in [0.25, 0.3) is 5.91 Å². The van der Waals surface area contributed by atoms with Crippen molar-refractivity contribution in [2.24, 2.45) is 0 Å². The van der Waals surface area contributed by atoms with Gasteiger partial charge in [0.15, 0.2) is 0 Å². The van der Waals surface area contributed by atoms with Crippen molar-refractivity contribution in [3.05, 3.63) is 28.5 Å². The number of aromatic nitrogens is 1. The van der Waals surface area contributed by atoms with Crippen LogP contribution in [0.15, 0.2) is 22.9 Å². The molecule has 0 fully saturated rings. The van der Waals surface area contributed by atoms with Gasteiger partial charge in [0.1, 0.15) is 6.54 Å². The summed E-state index contributed by atoms with van der Waals surface area (Å²) in [7, 11) is 0. The van der Waals surface area contributed by atoms with Crippen LogP contribution in [0, 0.1) is 0 Å². The lowest BCUT2D eigenvalue weighted by atomic mass is 10.0. The van der Waals surface area contributed by atoms with E-state index in [-0.39, 0.29) is 12.5 Å². The number of hydrogen-bond donors (Lipinski definition) is 1. The van der Waals surface area contributed by atoms with E-state index >= 15 is 0 Å². The van der Waals surface area contributed by atoms with E-state index in [1.807, 2.05) is 0 Å². The van der Waals surface area contributed by atoms with Crippen LogP contribution in [0.25, 0.3) is 0 Å². The Hall–Kier alpha value is -1.43. The second-order valence-corrected chi connectivity index (χ2v) is 5.76. The van der Waals surface area contributed by atoms with Gasteiger partial charge < -0.3 is 10.0 Å². The van der Waals surface area contributed by atoms with Crippen molar-refractivity contribution in [1.29, 1.82) is 0 Å². The van der Waals surface area contributed by atoms with Gasteiger partial charge in [0.05, 0.1) is 5.56 Å². The molecule has 0 spiro atoms. The molecule has 1 aromatic rings. The Kier molecular flexibility index (Phi) is 4.45. The third kappa shape index (κ3) is 3.80. The summed E-state index contributed by atoms with van der Waals surface area (Å²) in [6.45, 7) is 5.03. The molecule has 1 amide bonds. The van der Waals surface area contributed by atoms with Gasteiger partial charge in [0, 0.05) is 22.4 Å². The highest BCUT2D eigenvalue weighted by Crippen LogP contribution is 2.18. The van der Waals surface area contributed by atoms with Gasteiger partial charge in [-0.1, -0.05) is 0 Å². The minimum atomic E-state index is -1.04. The highest BCUT2D eigenvalue weighted by Gasteiger charge is 2.29. The van der Waals surface area contributed by atoms with Crippen LogP contribution in [0.3, 0.4) is 0 Å². The van der Waals surface area contributed by atoms with Crippen molar-refractivity contribution in [2.75, 3.05) is 6.54 Å². The van der Waals surface area contributed by atoms with Crippen LogP contribution >= 0.6 is 15.9 Å². The molecule has 0 aliphatic rings. The average molecular weight is 315 g/mol. The van der Waals surface area contributed by atoms with E-state index in [1.54, 1.807) is 33.0 Å². The smallest absolute Gasteiger partial charge is 0.323 e. The van der Waals surface area contributed by atoms with E-state index in [9.17, 15) is 9.59 Å². The minimum absolute atomic E-state index is 0.338. The van der Waals surface area contributed by atoms with Gasteiger partial charge >= 0.3 is 5.97 Å². The van der Waals surface area contributed by atoms with Crippen molar-refractivity contribution >= 4 is 27.8 Å². The highest BCUT2D eigenvalue weighted by molar-refractivity contribution is 9.10. The molecule has 1 aromatic heterocycles. The molecule has 0 unspecified atom stereocenters. The number of carbonyl (C=O) groups excluding carboxylic acids is 1. The second kappa shape index (κ2) is 5.48. The summed E-state index contributed by atoms with van der Waals surface area (Å²) in [6.07, 6.45) is 2.99. The number of carboxylic acid groups (broad SMARTS) is 1. The highest BCUT2D eigenvalue weighted by atomic mass is 79.9. The zero-order valence-electron chi connectivity index (χ0n) is 10.5. The van der Waals surface area contributed by atoms with Crippen molar-refractivity contribution in [3.63, 3.8) is 0 Å². The molecule has 98 valence electrons. The second-order valence-electron chi connectivity index (χ2n) is 4.85. The van der Waals surface area contributed by atoms with E-state index < -0.39 is 11.5 Å². The van der Waals surface area contributed by atoms with Gasteiger partial charge in [-0.25, -0.2) is 0 Å². The lowest BCUT2D eigenvalue weighted by Crippen LogP contribution is -2.48.